The molecule has 0 saturated carbocycles. The summed E-state index contributed by atoms with van der Waals surface area (Å²) in [6.07, 6.45) is 0. The molecule has 0 aliphatic rings. The van der Waals surface area contributed by atoms with Crippen molar-refractivity contribution >= 4 is 17.7 Å². The molecule has 0 unspecified atom stereocenters. The van der Waals surface area contributed by atoms with Crippen LogP contribution in [-0.2, 0) is 14.4 Å². The molecular formula is C9H21N3O3. The number of amides is 3. The summed E-state index contributed by atoms with van der Waals surface area (Å²) in [4.78, 5) is 28.8. The number of hydrogen-bond acceptors (Lipinski definition) is 3. The van der Waals surface area contributed by atoms with Crippen molar-refractivity contribution in [2.75, 3.05) is 7.05 Å². The van der Waals surface area contributed by atoms with E-state index in [1.165, 1.54) is 13.8 Å². The minimum absolute atomic E-state index is 0.00463. The summed E-state index contributed by atoms with van der Waals surface area (Å²) in [5, 5.41) is 2.39. The highest BCUT2D eigenvalue weighted by Gasteiger charge is 1.96. The van der Waals surface area contributed by atoms with Gasteiger partial charge in [-0.3, -0.25) is 14.4 Å². The molecule has 6 heteroatoms. The van der Waals surface area contributed by atoms with Gasteiger partial charge in [0.1, 0.15) is 0 Å². The summed E-state index contributed by atoms with van der Waals surface area (Å²) in [6.45, 7) is 6.31. The second kappa shape index (κ2) is 12.4. The molecule has 0 saturated heterocycles. The highest BCUT2D eigenvalue weighted by molar-refractivity contribution is 5.75. The molecule has 0 radical (unpaired) electrons. The summed E-state index contributed by atoms with van der Waals surface area (Å²) in [6, 6.07) is 0. The Balaban J connectivity index is -0.000000147. The predicted molar refractivity (Wildman–Crippen MR) is 58.6 cm³/mol. The molecule has 90 valence electrons. The van der Waals surface area contributed by atoms with Gasteiger partial charge in [0.25, 0.3) is 0 Å². The largest absolute Gasteiger partial charge is 0.370 e. The smallest absolute Gasteiger partial charge is 0.219 e. The van der Waals surface area contributed by atoms with Crippen molar-refractivity contribution in [2.45, 2.75) is 27.7 Å². The lowest BCUT2D eigenvalue weighted by molar-refractivity contribution is -0.121. The van der Waals surface area contributed by atoms with Crippen molar-refractivity contribution < 1.29 is 14.4 Å². The first-order valence-electron chi connectivity index (χ1n) is 4.38. The minimum Gasteiger partial charge on any atom is -0.370 e. The van der Waals surface area contributed by atoms with Gasteiger partial charge in [-0.2, -0.15) is 0 Å². The lowest BCUT2D eigenvalue weighted by atomic mass is 10.2. The van der Waals surface area contributed by atoms with E-state index in [-0.39, 0.29) is 23.6 Å². The highest BCUT2D eigenvalue weighted by atomic mass is 16.2. The molecule has 0 aromatic heterocycles. The molecule has 0 aliphatic heterocycles. The number of hydrogen-bond donors (Lipinski definition) is 3. The normalized spacial score (nSPS) is 7.60. The molecule has 0 aliphatic carbocycles. The van der Waals surface area contributed by atoms with Gasteiger partial charge in [0, 0.05) is 26.8 Å². The number of carbonyl (C=O) groups is 3. The van der Waals surface area contributed by atoms with Crippen molar-refractivity contribution in [1.82, 2.24) is 5.32 Å². The number of nitrogens with two attached hydrogens (primary N) is 2. The molecular weight excluding hydrogens is 198 g/mol. The van der Waals surface area contributed by atoms with E-state index in [4.69, 9.17) is 5.73 Å². The van der Waals surface area contributed by atoms with Crippen molar-refractivity contribution in [3.63, 3.8) is 0 Å². The second-order valence-corrected chi connectivity index (χ2v) is 2.97. The molecule has 3 amide bonds. The maximum Gasteiger partial charge on any atom is 0.219 e. The van der Waals surface area contributed by atoms with Crippen LogP contribution in [0.3, 0.4) is 0 Å². The third-order valence-corrected chi connectivity index (χ3v) is 0.921. The Morgan fingerprint density at radius 2 is 1.20 bits per heavy atom. The van der Waals surface area contributed by atoms with E-state index in [9.17, 15) is 14.4 Å². The summed E-state index contributed by atoms with van der Waals surface area (Å²) in [5.41, 5.74) is 9.27. The molecule has 0 heterocycles. The lowest BCUT2D eigenvalue weighted by Gasteiger charge is -1.90. The number of carbonyl (C=O) groups excluding carboxylic acids is 3. The Hall–Kier alpha value is -1.59. The van der Waals surface area contributed by atoms with Gasteiger partial charge < -0.3 is 16.8 Å². The Kier molecular flexibility index (Phi) is 15.8. The van der Waals surface area contributed by atoms with Gasteiger partial charge in [-0.15, -0.1) is 0 Å². The van der Waals surface area contributed by atoms with Crippen molar-refractivity contribution in [1.29, 1.82) is 0 Å². The zero-order valence-electron chi connectivity index (χ0n) is 9.96. The van der Waals surface area contributed by atoms with Crippen LogP contribution in [0.2, 0.25) is 0 Å². The van der Waals surface area contributed by atoms with Crippen LogP contribution < -0.4 is 16.8 Å². The maximum atomic E-state index is 9.92. The van der Waals surface area contributed by atoms with Gasteiger partial charge in [0.15, 0.2) is 0 Å². The molecule has 15 heavy (non-hydrogen) atoms. The number of nitrogens with one attached hydrogen (secondary N) is 1. The zero-order valence-corrected chi connectivity index (χ0v) is 9.96. The first kappa shape index (κ1) is 19.1. The summed E-state index contributed by atoms with van der Waals surface area (Å²) in [7, 11) is 1.60. The number of primary amides is 2. The predicted octanol–water partition coefficient (Wildman–Crippen LogP) is -0.628. The van der Waals surface area contributed by atoms with Gasteiger partial charge in [0.05, 0.1) is 0 Å². The first-order chi connectivity index (χ1) is 6.64. The van der Waals surface area contributed by atoms with E-state index in [0.29, 0.717) is 0 Å². The van der Waals surface area contributed by atoms with Crippen LogP contribution in [0.1, 0.15) is 27.7 Å². The van der Waals surface area contributed by atoms with Crippen molar-refractivity contribution in [2.24, 2.45) is 17.4 Å². The highest BCUT2D eigenvalue weighted by Crippen LogP contribution is 1.84. The van der Waals surface area contributed by atoms with Gasteiger partial charge in [-0.25, -0.2) is 0 Å². The van der Waals surface area contributed by atoms with Gasteiger partial charge in [-0.05, 0) is 0 Å². The average molecular weight is 219 g/mol. The van der Waals surface area contributed by atoms with E-state index < -0.39 is 0 Å². The van der Waals surface area contributed by atoms with Crippen LogP contribution in [0, 0.1) is 5.92 Å². The van der Waals surface area contributed by atoms with Crippen LogP contribution in [0.4, 0.5) is 0 Å². The summed E-state index contributed by atoms with van der Waals surface area (Å²) >= 11 is 0. The summed E-state index contributed by atoms with van der Waals surface area (Å²) < 4.78 is 0. The van der Waals surface area contributed by atoms with Gasteiger partial charge >= 0.3 is 0 Å². The minimum atomic E-state index is -0.333. The van der Waals surface area contributed by atoms with Crippen LogP contribution in [0.25, 0.3) is 0 Å². The quantitative estimate of drug-likeness (QED) is 0.545. The third-order valence-electron chi connectivity index (χ3n) is 0.921. The molecule has 5 N–H and O–H groups in total. The van der Waals surface area contributed by atoms with E-state index in [1.807, 2.05) is 0 Å². The third kappa shape index (κ3) is 69.2. The molecule has 0 rings (SSSR count). The molecule has 0 fully saturated rings. The van der Waals surface area contributed by atoms with Crippen molar-refractivity contribution in [3.05, 3.63) is 0 Å². The molecule has 0 aromatic rings. The maximum absolute atomic E-state index is 9.92. The van der Waals surface area contributed by atoms with E-state index in [2.05, 4.69) is 11.1 Å². The summed E-state index contributed by atoms with van der Waals surface area (Å²) in [5.74, 6) is -0.579. The Bertz CT molecular complexity index is 199. The van der Waals surface area contributed by atoms with E-state index >= 15 is 0 Å². The Morgan fingerprint density at radius 1 is 1.07 bits per heavy atom. The standard InChI is InChI=1S/C4H9NO.C3H7NO.C2H5NO/c1-3(2)4(5)6;1-3(5)4-2;1-2(3)4/h3H,1-2H3,(H2,5,6);1-2H3,(H,4,5);1H3,(H2,3,4). The topological polar surface area (TPSA) is 115 Å². The number of rotatable bonds is 1. The molecule has 0 spiro atoms. The lowest BCUT2D eigenvalue weighted by Crippen LogP contribution is -2.17. The van der Waals surface area contributed by atoms with Crippen LogP contribution >= 0.6 is 0 Å². The monoisotopic (exact) mass is 219 g/mol. The Morgan fingerprint density at radius 3 is 1.20 bits per heavy atom. The molecule has 0 bridgehead atoms. The molecule has 6 nitrogen and oxygen atoms in total. The fourth-order valence-electron chi connectivity index (χ4n) is 0. The molecule has 0 atom stereocenters. The average Bonchev–Trinajstić information content (AvgIpc) is 2.04. The second-order valence-electron chi connectivity index (χ2n) is 2.97. The van der Waals surface area contributed by atoms with Crippen LogP contribution in [0.5, 0.6) is 0 Å². The van der Waals surface area contributed by atoms with Crippen molar-refractivity contribution in [3.8, 4) is 0 Å². The molecule has 0 aromatic carbocycles. The van der Waals surface area contributed by atoms with Crippen LogP contribution in [0.15, 0.2) is 0 Å². The van der Waals surface area contributed by atoms with Crippen LogP contribution in [-0.4, -0.2) is 24.8 Å². The van der Waals surface area contributed by atoms with Gasteiger partial charge in [0.2, 0.25) is 17.7 Å². The SMILES string of the molecule is CC(C)C(N)=O.CC(N)=O.CNC(C)=O. The van der Waals surface area contributed by atoms with E-state index in [1.54, 1.807) is 20.9 Å². The Labute approximate surface area is 90.4 Å². The van der Waals surface area contributed by atoms with E-state index in [0.717, 1.165) is 0 Å². The fraction of sp³-hybridized carbons (Fsp3) is 0.667. The fourth-order valence-corrected chi connectivity index (χ4v) is 0. The first-order valence-corrected chi connectivity index (χ1v) is 4.38. The zero-order chi connectivity index (χ0) is 13.0. The van der Waals surface area contributed by atoms with Gasteiger partial charge in [-0.1, -0.05) is 13.8 Å².